The second kappa shape index (κ2) is 6.37. The third-order valence-corrected chi connectivity index (χ3v) is 4.78. The average Bonchev–Trinajstić information content (AvgIpc) is 3.27. The predicted molar refractivity (Wildman–Crippen MR) is 83.3 cm³/mol. The van der Waals surface area contributed by atoms with Crippen molar-refractivity contribution in [2.45, 2.75) is 44.1 Å². The molecule has 2 fully saturated rings. The average molecular weight is 308 g/mol. The summed E-state index contributed by atoms with van der Waals surface area (Å²) in [6.45, 7) is 1.69. The Morgan fingerprint density at radius 1 is 1.43 bits per heavy atom. The third kappa shape index (κ3) is 3.78. The van der Waals surface area contributed by atoms with Crippen LogP contribution in [0.25, 0.3) is 0 Å². The van der Waals surface area contributed by atoms with Crippen LogP contribution in [0, 0.1) is 5.92 Å². The Kier molecular flexibility index (Phi) is 4.51. The molecule has 1 aromatic carbocycles. The van der Waals surface area contributed by atoms with Gasteiger partial charge >= 0.3 is 0 Å². The fourth-order valence-electron chi connectivity index (χ4n) is 3.10. The molecule has 3 nitrogen and oxygen atoms in total. The van der Waals surface area contributed by atoms with E-state index in [9.17, 15) is 4.79 Å². The molecule has 0 radical (unpaired) electrons. The highest BCUT2D eigenvalue weighted by Crippen LogP contribution is 2.46. The summed E-state index contributed by atoms with van der Waals surface area (Å²) in [5.74, 6) is 0.698. The summed E-state index contributed by atoms with van der Waals surface area (Å²) in [5, 5.41) is 3.94. The number of halogens is 1. The van der Waals surface area contributed by atoms with E-state index in [1.54, 1.807) is 0 Å². The molecule has 114 valence electrons. The van der Waals surface area contributed by atoms with E-state index in [0.29, 0.717) is 12.3 Å². The van der Waals surface area contributed by atoms with Gasteiger partial charge in [-0.15, -0.1) is 0 Å². The van der Waals surface area contributed by atoms with Gasteiger partial charge in [0.1, 0.15) is 0 Å². The highest BCUT2D eigenvalue weighted by molar-refractivity contribution is 6.30. The Balaban J connectivity index is 1.52. The lowest BCUT2D eigenvalue weighted by Gasteiger charge is -2.23. The van der Waals surface area contributed by atoms with Crippen molar-refractivity contribution in [1.82, 2.24) is 5.32 Å². The van der Waals surface area contributed by atoms with Gasteiger partial charge in [0.05, 0.1) is 5.54 Å². The fourth-order valence-corrected chi connectivity index (χ4v) is 3.29. The van der Waals surface area contributed by atoms with E-state index in [2.05, 4.69) is 5.32 Å². The van der Waals surface area contributed by atoms with Crippen LogP contribution in [-0.4, -0.2) is 19.1 Å². The molecule has 1 atom stereocenters. The van der Waals surface area contributed by atoms with Crippen LogP contribution in [-0.2, 0) is 15.1 Å². The maximum atomic E-state index is 12.2. The molecular weight excluding hydrogens is 286 g/mol. The summed E-state index contributed by atoms with van der Waals surface area (Å²) < 4.78 is 5.46. The number of carbonyl (C=O) groups excluding carboxylic acids is 1. The summed E-state index contributed by atoms with van der Waals surface area (Å²) in [5.41, 5.74) is 0.967. The molecule has 1 saturated carbocycles. The van der Waals surface area contributed by atoms with Crippen LogP contribution in [0.1, 0.15) is 44.1 Å². The summed E-state index contributed by atoms with van der Waals surface area (Å²) in [4.78, 5) is 12.2. The monoisotopic (exact) mass is 307 g/mol. The molecule has 2 aliphatic rings. The summed E-state index contributed by atoms with van der Waals surface area (Å²) in [6.07, 6.45) is 5.84. The predicted octanol–water partition coefficient (Wildman–Crippen LogP) is 3.65. The maximum absolute atomic E-state index is 12.2. The Morgan fingerprint density at radius 3 is 2.95 bits per heavy atom. The van der Waals surface area contributed by atoms with Gasteiger partial charge in [0.2, 0.25) is 5.91 Å². The third-order valence-electron chi connectivity index (χ3n) is 4.54. The first-order valence-electron chi connectivity index (χ1n) is 7.83. The number of carbonyl (C=O) groups is 1. The Bertz CT molecular complexity index is 507. The minimum atomic E-state index is -0.162. The van der Waals surface area contributed by atoms with E-state index in [-0.39, 0.29) is 11.4 Å². The molecule has 1 amide bonds. The number of rotatable bonds is 5. The molecule has 1 aliphatic carbocycles. The molecular formula is C17H22ClNO2. The highest BCUT2D eigenvalue weighted by Gasteiger charge is 2.45. The van der Waals surface area contributed by atoms with Crippen LogP contribution in [0.4, 0.5) is 0 Å². The van der Waals surface area contributed by atoms with E-state index >= 15 is 0 Å². The molecule has 3 rings (SSSR count). The lowest BCUT2D eigenvalue weighted by atomic mass is 9.96. The maximum Gasteiger partial charge on any atom is 0.220 e. The lowest BCUT2D eigenvalue weighted by Crippen LogP contribution is -2.35. The van der Waals surface area contributed by atoms with Crippen molar-refractivity contribution in [3.63, 3.8) is 0 Å². The Morgan fingerprint density at radius 2 is 2.29 bits per heavy atom. The van der Waals surface area contributed by atoms with Gasteiger partial charge in [-0.3, -0.25) is 4.79 Å². The van der Waals surface area contributed by atoms with E-state index < -0.39 is 0 Å². The number of hydrogen-bond acceptors (Lipinski definition) is 2. The topological polar surface area (TPSA) is 38.3 Å². The van der Waals surface area contributed by atoms with Crippen LogP contribution >= 0.6 is 11.6 Å². The van der Waals surface area contributed by atoms with E-state index in [0.717, 1.165) is 49.5 Å². The number of amides is 1. The van der Waals surface area contributed by atoms with Crippen LogP contribution in [0.3, 0.4) is 0 Å². The van der Waals surface area contributed by atoms with Gasteiger partial charge in [0.15, 0.2) is 0 Å². The number of ether oxygens (including phenoxy) is 1. The van der Waals surface area contributed by atoms with E-state index in [4.69, 9.17) is 16.3 Å². The number of hydrogen-bond donors (Lipinski definition) is 1. The normalized spacial score (nSPS) is 23.6. The molecule has 0 aromatic heterocycles. The number of nitrogens with one attached hydrogen (secondary N) is 1. The van der Waals surface area contributed by atoms with Crippen molar-refractivity contribution in [1.29, 1.82) is 0 Å². The Hall–Kier alpha value is -1.06. The highest BCUT2D eigenvalue weighted by atomic mass is 35.5. The quantitative estimate of drug-likeness (QED) is 0.901. The molecule has 1 unspecified atom stereocenters. The smallest absolute Gasteiger partial charge is 0.220 e. The Labute approximate surface area is 131 Å². The first kappa shape index (κ1) is 14.9. The van der Waals surface area contributed by atoms with Crippen LogP contribution in [0.5, 0.6) is 0 Å². The van der Waals surface area contributed by atoms with Crippen molar-refractivity contribution >= 4 is 17.5 Å². The number of benzene rings is 1. The molecule has 1 aliphatic heterocycles. The van der Waals surface area contributed by atoms with Crippen LogP contribution < -0.4 is 5.32 Å². The summed E-state index contributed by atoms with van der Waals surface area (Å²) in [7, 11) is 0. The molecule has 1 aromatic rings. The molecule has 21 heavy (non-hydrogen) atoms. The molecule has 1 saturated heterocycles. The SMILES string of the molecule is O=C(CCC1CCCOC1)NC1(c2cccc(Cl)c2)CC1. The zero-order valence-corrected chi connectivity index (χ0v) is 13.0. The molecule has 0 spiro atoms. The van der Waals surface area contributed by atoms with Gasteiger partial charge in [-0.25, -0.2) is 0 Å². The standard InChI is InChI=1S/C17H22ClNO2/c18-15-5-1-4-14(11-15)17(8-9-17)19-16(20)7-6-13-3-2-10-21-12-13/h1,4-5,11,13H,2-3,6-10,12H2,(H,19,20). The van der Waals surface area contributed by atoms with Gasteiger partial charge < -0.3 is 10.1 Å². The van der Waals surface area contributed by atoms with Crippen LogP contribution in [0.2, 0.25) is 5.02 Å². The van der Waals surface area contributed by atoms with Gasteiger partial charge in [-0.1, -0.05) is 23.7 Å². The lowest BCUT2D eigenvalue weighted by molar-refractivity contribution is -0.122. The first-order chi connectivity index (χ1) is 10.2. The van der Waals surface area contributed by atoms with Crippen molar-refractivity contribution in [2.24, 2.45) is 5.92 Å². The van der Waals surface area contributed by atoms with Gasteiger partial charge in [0, 0.05) is 24.7 Å². The zero-order chi connectivity index (χ0) is 14.7. The van der Waals surface area contributed by atoms with Gasteiger partial charge in [-0.2, -0.15) is 0 Å². The van der Waals surface area contributed by atoms with Crippen molar-refractivity contribution < 1.29 is 9.53 Å². The minimum Gasteiger partial charge on any atom is -0.381 e. The van der Waals surface area contributed by atoms with Gasteiger partial charge in [-0.05, 0) is 55.7 Å². The molecule has 1 N–H and O–H groups in total. The largest absolute Gasteiger partial charge is 0.381 e. The first-order valence-corrected chi connectivity index (χ1v) is 8.21. The van der Waals surface area contributed by atoms with Gasteiger partial charge in [0.25, 0.3) is 0 Å². The van der Waals surface area contributed by atoms with E-state index in [1.807, 2.05) is 24.3 Å². The second-order valence-corrected chi connectivity index (χ2v) is 6.70. The summed E-state index contributed by atoms with van der Waals surface area (Å²) in [6, 6.07) is 7.83. The van der Waals surface area contributed by atoms with Crippen molar-refractivity contribution in [2.75, 3.05) is 13.2 Å². The molecule has 1 heterocycles. The fraction of sp³-hybridized carbons (Fsp3) is 0.588. The van der Waals surface area contributed by atoms with E-state index in [1.165, 1.54) is 6.42 Å². The molecule has 4 heteroatoms. The van der Waals surface area contributed by atoms with Crippen LogP contribution in [0.15, 0.2) is 24.3 Å². The molecule has 0 bridgehead atoms. The summed E-state index contributed by atoms with van der Waals surface area (Å²) >= 11 is 6.05. The van der Waals surface area contributed by atoms with Crippen molar-refractivity contribution in [3.8, 4) is 0 Å². The zero-order valence-electron chi connectivity index (χ0n) is 12.2. The second-order valence-electron chi connectivity index (χ2n) is 6.26. The minimum absolute atomic E-state index is 0.151. The van der Waals surface area contributed by atoms with Crippen molar-refractivity contribution in [3.05, 3.63) is 34.9 Å².